The monoisotopic (exact) mass is 284 g/mol. The molecule has 4 heteroatoms. The largest absolute Gasteiger partial charge is 0.326 e. The van der Waals surface area contributed by atoms with Gasteiger partial charge in [-0.15, -0.1) is 11.3 Å². The predicted molar refractivity (Wildman–Crippen MR) is 82.7 cm³/mol. The van der Waals surface area contributed by atoms with Crippen LogP contribution in [0.15, 0.2) is 48.0 Å². The maximum atomic E-state index is 12.1. The van der Waals surface area contributed by atoms with E-state index in [9.17, 15) is 4.79 Å². The SMILES string of the molecule is O=C(Nc1ccc(-c2nccs2)cc1)[C@H]1CC=CCC1. The molecule has 1 N–H and O–H groups in total. The van der Waals surface area contributed by atoms with Crippen LogP contribution in [0.4, 0.5) is 5.69 Å². The number of thiazole rings is 1. The molecule has 0 unspecified atom stereocenters. The summed E-state index contributed by atoms with van der Waals surface area (Å²) in [6, 6.07) is 7.87. The molecule has 0 bridgehead atoms. The molecule has 102 valence electrons. The quantitative estimate of drug-likeness (QED) is 0.862. The Bertz CT molecular complexity index is 602. The smallest absolute Gasteiger partial charge is 0.227 e. The van der Waals surface area contributed by atoms with E-state index in [1.165, 1.54) is 0 Å². The molecule has 1 amide bonds. The molecule has 3 nitrogen and oxygen atoms in total. The lowest BCUT2D eigenvalue weighted by atomic mass is 9.93. The van der Waals surface area contributed by atoms with Crippen molar-refractivity contribution in [2.75, 3.05) is 5.32 Å². The van der Waals surface area contributed by atoms with Crippen LogP contribution in [-0.4, -0.2) is 10.9 Å². The number of rotatable bonds is 3. The minimum atomic E-state index is 0.110. The van der Waals surface area contributed by atoms with Gasteiger partial charge in [0.2, 0.25) is 5.91 Å². The molecule has 0 radical (unpaired) electrons. The zero-order valence-electron chi connectivity index (χ0n) is 11.1. The minimum absolute atomic E-state index is 0.110. The number of anilines is 1. The number of nitrogens with one attached hydrogen (secondary N) is 1. The third kappa shape index (κ3) is 2.96. The summed E-state index contributed by atoms with van der Waals surface area (Å²) in [5, 5.41) is 5.95. The van der Waals surface area contributed by atoms with Gasteiger partial charge in [0.25, 0.3) is 0 Å². The first-order valence-electron chi connectivity index (χ1n) is 6.79. The van der Waals surface area contributed by atoms with Crippen LogP contribution in [0.1, 0.15) is 19.3 Å². The van der Waals surface area contributed by atoms with Gasteiger partial charge in [-0.3, -0.25) is 4.79 Å². The second-order valence-corrected chi connectivity index (χ2v) is 5.78. The molecule has 3 rings (SSSR count). The Labute approximate surface area is 122 Å². The van der Waals surface area contributed by atoms with Crippen molar-refractivity contribution in [3.05, 3.63) is 48.0 Å². The number of hydrogen-bond donors (Lipinski definition) is 1. The first-order valence-corrected chi connectivity index (χ1v) is 7.67. The highest BCUT2D eigenvalue weighted by atomic mass is 32.1. The number of nitrogens with zero attached hydrogens (tertiary/aromatic N) is 1. The number of aromatic nitrogens is 1. The molecular weight excluding hydrogens is 268 g/mol. The van der Waals surface area contributed by atoms with Crippen molar-refractivity contribution < 1.29 is 4.79 Å². The van der Waals surface area contributed by atoms with Crippen LogP contribution in [0.5, 0.6) is 0 Å². The normalized spacial score (nSPS) is 17.9. The van der Waals surface area contributed by atoms with Crippen molar-refractivity contribution in [1.29, 1.82) is 0 Å². The van der Waals surface area contributed by atoms with E-state index in [0.717, 1.165) is 35.5 Å². The highest BCUT2D eigenvalue weighted by Gasteiger charge is 2.18. The van der Waals surface area contributed by atoms with E-state index in [4.69, 9.17) is 0 Å². The zero-order chi connectivity index (χ0) is 13.8. The standard InChI is InChI=1S/C16H16N2OS/c19-15(12-4-2-1-3-5-12)18-14-8-6-13(7-9-14)16-17-10-11-20-16/h1-2,6-12H,3-5H2,(H,18,19)/t12-/m0/s1. The molecule has 1 heterocycles. The van der Waals surface area contributed by atoms with Crippen LogP contribution in [0.2, 0.25) is 0 Å². The number of carbonyl (C=O) groups excluding carboxylic acids is 1. The lowest BCUT2D eigenvalue weighted by Gasteiger charge is -2.17. The molecule has 1 aromatic heterocycles. The second kappa shape index (κ2) is 6.01. The maximum absolute atomic E-state index is 12.1. The number of carbonyl (C=O) groups is 1. The summed E-state index contributed by atoms with van der Waals surface area (Å²) < 4.78 is 0. The van der Waals surface area contributed by atoms with Crippen LogP contribution in [-0.2, 0) is 4.79 Å². The van der Waals surface area contributed by atoms with Crippen LogP contribution in [0, 0.1) is 5.92 Å². The molecule has 1 aromatic carbocycles. The molecule has 1 aliphatic carbocycles. The third-order valence-electron chi connectivity index (χ3n) is 3.47. The second-order valence-electron chi connectivity index (χ2n) is 4.89. The van der Waals surface area contributed by atoms with Crippen molar-refractivity contribution in [3.63, 3.8) is 0 Å². The van der Waals surface area contributed by atoms with Gasteiger partial charge >= 0.3 is 0 Å². The van der Waals surface area contributed by atoms with Gasteiger partial charge in [-0.2, -0.15) is 0 Å². The van der Waals surface area contributed by atoms with E-state index in [1.54, 1.807) is 17.5 Å². The van der Waals surface area contributed by atoms with Crippen molar-refractivity contribution in [3.8, 4) is 10.6 Å². The van der Waals surface area contributed by atoms with E-state index in [0.29, 0.717) is 0 Å². The molecular formula is C16H16N2OS. The molecule has 20 heavy (non-hydrogen) atoms. The van der Waals surface area contributed by atoms with Crippen molar-refractivity contribution >= 4 is 22.9 Å². The van der Waals surface area contributed by atoms with Crippen LogP contribution in [0.25, 0.3) is 10.6 Å². The molecule has 1 atom stereocenters. The van der Waals surface area contributed by atoms with Crippen LogP contribution >= 0.6 is 11.3 Å². The molecule has 2 aromatic rings. The Kier molecular flexibility index (Phi) is 3.92. The average Bonchev–Trinajstić information content (AvgIpc) is 3.03. The Hall–Kier alpha value is -1.94. The van der Waals surface area contributed by atoms with Gasteiger partial charge in [-0.05, 0) is 43.5 Å². The summed E-state index contributed by atoms with van der Waals surface area (Å²) in [4.78, 5) is 16.4. The molecule has 0 saturated heterocycles. The number of amides is 1. The van der Waals surface area contributed by atoms with Gasteiger partial charge in [-0.25, -0.2) is 4.98 Å². The lowest BCUT2D eigenvalue weighted by Crippen LogP contribution is -2.23. The van der Waals surface area contributed by atoms with E-state index < -0.39 is 0 Å². The number of hydrogen-bond acceptors (Lipinski definition) is 3. The topological polar surface area (TPSA) is 42.0 Å². The first-order chi connectivity index (χ1) is 9.83. The Morgan fingerprint density at radius 2 is 2.10 bits per heavy atom. The van der Waals surface area contributed by atoms with Crippen molar-refractivity contribution in [2.45, 2.75) is 19.3 Å². The summed E-state index contributed by atoms with van der Waals surface area (Å²) in [6.07, 6.45) is 8.84. The fraction of sp³-hybridized carbons (Fsp3) is 0.250. The van der Waals surface area contributed by atoms with Crippen molar-refractivity contribution in [1.82, 2.24) is 4.98 Å². The van der Waals surface area contributed by atoms with E-state index in [-0.39, 0.29) is 11.8 Å². The molecule has 0 spiro atoms. The average molecular weight is 284 g/mol. The van der Waals surface area contributed by atoms with Crippen LogP contribution in [0.3, 0.4) is 0 Å². The highest BCUT2D eigenvalue weighted by Crippen LogP contribution is 2.24. The van der Waals surface area contributed by atoms with Gasteiger partial charge < -0.3 is 5.32 Å². The third-order valence-corrected chi connectivity index (χ3v) is 4.29. The van der Waals surface area contributed by atoms with E-state index >= 15 is 0 Å². The zero-order valence-corrected chi connectivity index (χ0v) is 11.9. The summed E-state index contributed by atoms with van der Waals surface area (Å²) >= 11 is 1.61. The Balaban J connectivity index is 1.66. The summed E-state index contributed by atoms with van der Waals surface area (Å²) in [7, 11) is 0. The first kappa shape index (κ1) is 13.1. The van der Waals surface area contributed by atoms with E-state index in [1.807, 2.05) is 29.6 Å². The van der Waals surface area contributed by atoms with Crippen LogP contribution < -0.4 is 5.32 Å². The predicted octanol–water partition coefficient (Wildman–Crippen LogP) is 4.10. The molecule has 1 aliphatic rings. The molecule has 0 aliphatic heterocycles. The molecule has 0 fully saturated rings. The van der Waals surface area contributed by atoms with Crippen molar-refractivity contribution in [2.24, 2.45) is 5.92 Å². The fourth-order valence-corrected chi connectivity index (χ4v) is 2.98. The Morgan fingerprint density at radius 3 is 2.75 bits per heavy atom. The fourth-order valence-electron chi connectivity index (χ4n) is 2.34. The van der Waals surface area contributed by atoms with Gasteiger partial charge in [0.15, 0.2) is 0 Å². The van der Waals surface area contributed by atoms with Gasteiger partial charge in [0.05, 0.1) is 0 Å². The minimum Gasteiger partial charge on any atom is -0.326 e. The van der Waals surface area contributed by atoms with E-state index in [2.05, 4.69) is 22.5 Å². The summed E-state index contributed by atoms with van der Waals surface area (Å²) in [5.74, 6) is 0.231. The highest BCUT2D eigenvalue weighted by molar-refractivity contribution is 7.13. The van der Waals surface area contributed by atoms with Gasteiger partial charge in [0.1, 0.15) is 5.01 Å². The number of benzene rings is 1. The summed E-state index contributed by atoms with van der Waals surface area (Å²) in [5.41, 5.74) is 1.93. The maximum Gasteiger partial charge on any atom is 0.227 e. The Morgan fingerprint density at radius 1 is 1.25 bits per heavy atom. The number of allylic oxidation sites excluding steroid dienone is 2. The molecule has 0 saturated carbocycles. The van der Waals surface area contributed by atoms with Gasteiger partial charge in [-0.1, -0.05) is 12.2 Å². The van der Waals surface area contributed by atoms with Gasteiger partial charge in [0, 0.05) is 28.7 Å². The summed E-state index contributed by atoms with van der Waals surface area (Å²) in [6.45, 7) is 0. The lowest BCUT2D eigenvalue weighted by molar-refractivity contribution is -0.120.